The van der Waals surface area contributed by atoms with E-state index in [-0.39, 0.29) is 17.7 Å². The highest BCUT2D eigenvalue weighted by Crippen LogP contribution is 2.40. The first-order valence-corrected chi connectivity index (χ1v) is 10.9. The molecular weight excluding hydrogens is 414 g/mol. The summed E-state index contributed by atoms with van der Waals surface area (Å²) in [6, 6.07) is 11.2. The fourth-order valence-electron chi connectivity index (χ4n) is 3.95. The molecule has 0 unspecified atom stereocenters. The molecule has 1 fully saturated rings. The van der Waals surface area contributed by atoms with E-state index in [1.165, 1.54) is 23.9 Å². The normalized spacial score (nSPS) is 14.4. The van der Waals surface area contributed by atoms with E-state index in [9.17, 15) is 14.4 Å². The molecule has 0 atom stereocenters. The number of thiophene rings is 1. The maximum atomic E-state index is 12.9. The van der Waals surface area contributed by atoms with Crippen LogP contribution in [0.25, 0.3) is 11.1 Å². The van der Waals surface area contributed by atoms with Gasteiger partial charge >= 0.3 is 0 Å². The first-order valence-electron chi connectivity index (χ1n) is 10.1. The van der Waals surface area contributed by atoms with Crippen LogP contribution < -0.4 is 11.1 Å². The number of hydrogen-bond donors (Lipinski definition) is 2. The van der Waals surface area contributed by atoms with Gasteiger partial charge in [-0.25, -0.2) is 0 Å². The van der Waals surface area contributed by atoms with Gasteiger partial charge in [0.05, 0.1) is 17.4 Å². The number of carbonyl (C=O) groups excluding carboxylic acids is 3. The zero-order chi connectivity index (χ0) is 22.0. The number of nitrogens with zero attached hydrogens (tertiary/aromatic N) is 1. The molecule has 0 aliphatic carbocycles. The minimum absolute atomic E-state index is 0.0926. The van der Waals surface area contributed by atoms with E-state index < -0.39 is 5.91 Å². The topological polar surface area (TPSA) is 106 Å². The molecule has 160 valence electrons. The van der Waals surface area contributed by atoms with E-state index in [1.54, 1.807) is 11.0 Å². The van der Waals surface area contributed by atoms with Crippen LogP contribution in [0.5, 0.6) is 0 Å². The lowest BCUT2D eigenvalue weighted by Crippen LogP contribution is -2.41. The van der Waals surface area contributed by atoms with Crippen LogP contribution in [0, 0.1) is 12.8 Å². The molecule has 1 aliphatic heterocycles. The predicted octanol–water partition coefficient (Wildman–Crippen LogP) is 3.91. The van der Waals surface area contributed by atoms with Crippen LogP contribution in [-0.2, 0) is 4.79 Å². The van der Waals surface area contributed by atoms with Gasteiger partial charge in [-0.05, 0) is 31.4 Å². The number of carbonyl (C=O) groups is 3. The lowest BCUT2D eigenvalue weighted by molar-refractivity contribution is -0.121. The van der Waals surface area contributed by atoms with E-state index in [1.807, 2.05) is 37.3 Å². The van der Waals surface area contributed by atoms with Gasteiger partial charge in [-0.2, -0.15) is 0 Å². The van der Waals surface area contributed by atoms with Crippen LogP contribution in [0.15, 0.2) is 53.3 Å². The van der Waals surface area contributed by atoms with Crippen molar-refractivity contribution in [1.29, 1.82) is 0 Å². The van der Waals surface area contributed by atoms with E-state index in [2.05, 4.69) is 5.32 Å². The van der Waals surface area contributed by atoms with Crippen molar-refractivity contribution in [2.24, 2.45) is 11.7 Å². The first-order chi connectivity index (χ1) is 15.0. The van der Waals surface area contributed by atoms with E-state index in [4.69, 9.17) is 10.2 Å². The van der Waals surface area contributed by atoms with Crippen molar-refractivity contribution in [1.82, 2.24) is 4.90 Å². The van der Waals surface area contributed by atoms with Gasteiger partial charge in [-0.3, -0.25) is 14.4 Å². The third-order valence-corrected chi connectivity index (χ3v) is 6.57. The molecule has 3 aromatic rings. The highest BCUT2D eigenvalue weighted by atomic mass is 32.1. The Bertz CT molecular complexity index is 1100. The predicted molar refractivity (Wildman–Crippen MR) is 119 cm³/mol. The Hall–Kier alpha value is -3.39. The number of hydrogen-bond acceptors (Lipinski definition) is 5. The smallest absolute Gasteiger partial charge is 0.257 e. The van der Waals surface area contributed by atoms with Crippen molar-refractivity contribution in [3.63, 3.8) is 0 Å². The Balaban J connectivity index is 1.47. The maximum Gasteiger partial charge on any atom is 0.257 e. The SMILES string of the molecule is Cc1sc(NC(=O)C2CCN(C(=O)c3ccoc3)CC2)c(C(N)=O)c1-c1ccccc1. The summed E-state index contributed by atoms with van der Waals surface area (Å²) in [6.45, 7) is 2.89. The Morgan fingerprint density at radius 2 is 1.84 bits per heavy atom. The number of furan rings is 1. The molecule has 0 bridgehead atoms. The molecule has 2 aromatic heterocycles. The molecule has 31 heavy (non-hydrogen) atoms. The largest absolute Gasteiger partial charge is 0.472 e. The molecule has 0 radical (unpaired) electrons. The summed E-state index contributed by atoms with van der Waals surface area (Å²) in [5.41, 5.74) is 8.18. The van der Waals surface area contributed by atoms with E-state index >= 15 is 0 Å². The number of aryl methyl sites for hydroxylation is 1. The minimum atomic E-state index is -0.570. The van der Waals surface area contributed by atoms with Gasteiger partial charge < -0.3 is 20.4 Å². The number of piperidine rings is 1. The minimum Gasteiger partial charge on any atom is -0.472 e. The number of rotatable bonds is 5. The average molecular weight is 438 g/mol. The molecule has 3 amide bonds. The van der Waals surface area contributed by atoms with Crippen LogP contribution in [0.3, 0.4) is 0 Å². The number of anilines is 1. The molecule has 0 spiro atoms. The molecule has 1 saturated heterocycles. The number of nitrogens with one attached hydrogen (secondary N) is 1. The summed E-state index contributed by atoms with van der Waals surface area (Å²) < 4.78 is 4.98. The second-order valence-electron chi connectivity index (χ2n) is 7.54. The summed E-state index contributed by atoms with van der Waals surface area (Å²) in [5, 5.41) is 3.40. The molecule has 3 heterocycles. The molecule has 0 saturated carbocycles. The summed E-state index contributed by atoms with van der Waals surface area (Å²) in [4.78, 5) is 40.3. The molecule has 4 rings (SSSR count). The number of likely N-dealkylation sites (tertiary alicyclic amines) is 1. The van der Waals surface area contributed by atoms with Crippen LogP contribution in [0.1, 0.15) is 38.4 Å². The van der Waals surface area contributed by atoms with Crippen molar-refractivity contribution in [2.75, 3.05) is 18.4 Å². The molecule has 8 heteroatoms. The fourth-order valence-corrected chi connectivity index (χ4v) is 5.03. The van der Waals surface area contributed by atoms with Crippen molar-refractivity contribution in [3.05, 3.63) is 64.9 Å². The highest BCUT2D eigenvalue weighted by molar-refractivity contribution is 7.17. The van der Waals surface area contributed by atoms with Gasteiger partial charge in [-0.1, -0.05) is 30.3 Å². The second-order valence-corrected chi connectivity index (χ2v) is 8.76. The molecule has 1 aliphatic rings. The third-order valence-electron chi connectivity index (χ3n) is 5.55. The van der Waals surface area contributed by atoms with Gasteiger partial charge in [0, 0.05) is 29.4 Å². The Morgan fingerprint density at radius 1 is 1.13 bits per heavy atom. The lowest BCUT2D eigenvalue weighted by atomic mass is 9.95. The van der Waals surface area contributed by atoms with Crippen molar-refractivity contribution < 1.29 is 18.8 Å². The van der Waals surface area contributed by atoms with Gasteiger partial charge in [-0.15, -0.1) is 11.3 Å². The van der Waals surface area contributed by atoms with E-state index in [0.29, 0.717) is 42.1 Å². The highest BCUT2D eigenvalue weighted by Gasteiger charge is 2.30. The van der Waals surface area contributed by atoms with Crippen molar-refractivity contribution >= 4 is 34.1 Å². The monoisotopic (exact) mass is 437 g/mol. The molecular formula is C23H23N3O4S. The zero-order valence-corrected chi connectivity index (χ0v) is 17.9. The summed E-state index contributed by atoms with van der Waals surface area (Å²) >= 11 is 1.35. The standard InChI is InChI=1S/C23H23N3O4S/c1-14-18(15-5-3-2-4-6-15)19(20(24)27)22(31-14)25-21(28)16-7-10-26(11-8-16)23(29)17-9-12-30-13-17/h2-6,9,12-13,16H,7-8,10-11H2,1H3,(H2,24,27)(H,25,28). The van der Waals surface area contributed by atoms with Crippen LogP contribution in [0.2, 0.25) is 0 Å². The van der Waals surface area contributed by atoms with Gasteiger partial charge in [0.25, 0.3) is 11.8 Å². The van der Waals surface area contributed by atoms with Gasteiger partial charge in [0.2, 0.25) is 5.91 Å². The van der Waals surface area contributed by atoms with Crippen molar-refractivity contribution in [3.8, 4) is 11.1 Å². The van der Waals surface area contributed by atoms with Gasteiger partial charge in [0.15, 0.2) is 0 Å². The molecule has 7 nitrogen and oxygen atoms in total. The fraction of sp³-hybridized carbons (Fsp3) is 0.261. The first kappa shape index (κ1) is 20.9. The van der Waals surface area contributed by atoms with E-state index in [0.717, 1.165) is 16.0 Å². The van der Waals surface area contributed by atoms with Crippen LogP contribution in [0.4, 0.5) is 5.00 Å². The summed E-state index contributed by atoms with van der Waals surface area (Å²) in [7, 11) is 0. The molecule has 3 N–H and O–H groups in total. The van der Waals surface area contributed by atoms with Gasteiger partial charge in [0.1, 0.15) is 11.3 Å². The number of primary amides is 1. The third kappa shape index (κ3) is 4.25. The van der Waals surface area contributed by atoms with Crippen molar-refractivity contribution in [2.45, 2.75) is 19.8 Å². The number of benzene rings is 1. The van der Waals surface area contributed by atoms with Crippen LogP contribution in [-0.4, -0.2) is 35.7 Å². The Morgan fingerprint density at radius 3 is 2.45 bits per heavy atom. The number of nitrogens with two attached hydrogens (primary N) is 1. The maximum absolute atomic E-state index is 12.9. The summed E-state index contributed by atoms with van der Waals surface area (Å²) in [5.74, 6) is -1.06. The average Bonchev–Trinajstić information content (AvgIpc) is 3.42. The van der Waals surface area contributed by atoms with Crippen LogP contribution >= 0.6 is 11.3 Å². The Labute approximate surface area is 183 Å². The zero-order valence-electron chi connectivity index (χ0n) is 17.1. The molecule has 1 aromatic carbocycles. The lowest BCUT2D eigenvalue weighted by Gasteiger charge is -2.31. The Kier molecular flexibility index (Phi) is 5.90. The number of amides is 3. The quantitative estimate of drug-likeness (QED) is 0.631. The summed E-state index contributed by atoms with van der Waals surface area (Å²) in [6.07, 6.45) is 4.00. The second kappa shape index (κ2) is 8.77.